The fourth-order valence-electron chi connectivity index (χ4n) is 2.11. The van der Waals surface area contributed by atoms with Gasteiger partial charge in [-0.1, -0.05) is 35.3 Å². The fourth-order valence-corrected chi connectivity index (χ4v) is 3.07. The number of carbonyl (C=O) groups excluding carboxylic acids is 3. The van der Waals surface area contributed by atoms with Crippen LogP contribution >= 0.6 is 39.1 Å². The molecule has 0 saturated carbocycles. The molecule has 0 aliphatic rings. The summed E-state index contributed by atoms with van der Waals surface area (Å²) in [6.45, 7) is 1.53. The van der Waals surface area contributed by atoms with Crippen molar-refractivity contribution in [2.24, 2.45) is 0 Å². The summed E-state index contributed by atoms with van der Waals surface area (Å²) < 4.78 is 6.12. The number of halogens is 3. The molecule has 0 fully saturated rings. The highest BCUT2D eigenvalue weighted by atomic mass is 79.9. The van der Waals surface area contributed by atoms with E-state index >= 15 is 0 Å². The molecule has 3 N–H and O–H groups in total. The van der Waals surface area contributed by atoms with Gasteiger partial charge in [-0.2, -0.15) is 0 Å². The summed E-state index contributed by atoms with van der Waals surface area (Å²) in [5, 5.41) is 3.54. The second kappa shape index (κ2) is 11.0. The van der Waals surface area contributed by atoms with E-state index in [0.29, 0.717) is 26.0 Å². The van der Waals surface area contributed by atoms with Gasteiger partial charge in [0.05, 0.1) is 15.2 Å². The summed E-state index contributed by atoms with van der Waals surface area (Å²) in [5.74, 6) is -1.02. The van der Waals surface area contributed by atoms with Gasteiger partial charge in [0.15, 0.2) is 6.10 Å². The van der Waals surface area contributed by atoms with Crippen LogP contribution in [0.2, 0.25) is 10.0 Å². The van der Waals surface area contributed by atoms with Crippen molar-refractivity contribution in [3.8, 4) is 5.75 Å². The third-order valence-corrected chi connectivity index (χ3v) is 4.80. The molecule has 0 heterocycles. The minimum atomic E-state index is -0.878. The highest BCUT2D eigenvalue weighted by Gasteiger charge is 2.17. The molecule has 1 unspecified atom stereocenters. The van der Waals surface area contributed by atoms with E-state index in [1.54, 1.807) is 42.5 Å². The van der Waals surface area contributed by atoms with E-state index in [4.69, 9.17) is 27.9 Å². The number of hydrogen-bond acceptors (Lipinski definition) is 4. The van der Waals surface area contributed by atoms with Gasteiger partial charge in [-0.3, -0.25) is 25.2 Å². The van der Waals surface area contributed by atoms with E-state index < -0.39 is 17.9 Å². The lowest BCUT2D eigenvalue weighted by atomic mass is 10.2. The molecule has 2 aromatic carbocycles. The van der Waals surface area contributed by atoms with Gasteiger partial charge in [-0.25, -0.2) is 0 Å². The van der Waals surface area contributed by atoms with Gasteiger partial charge in [0, 0.05) is 17.9 Å². The molecule has 2 rings (SSSR count). The first-order chi connectivity index (χ1) is 13.8. The van der Waals surface area contributed by atoms with Gasteiger partial charge >= 0.3 is 0 Å². The van der Waals surface area contributed by atoms with Crippen molar-refractivity contribution in [2.45, 2.75) is 25.9 Å². The molecule has 0 bridgehead atoms. The number of carbonyl (C=O) groups is 3. The summed E-state index contributed by atoms with van der Waals surface area (Å²) >= 11 is 15.1. The maximum Gasteiger partial charge on any atom is 0.279 e. The van der Waals surface area contributed by atoms with Crippen molar-refractivity contribution in [1.82, 2.24) is 10.9 Å². The van der Waals surface area contributed by atoms with Gasteiger partial charge in [-0.05, 0) is 53.2 Å². The average molecular weight is 503 g/mol. The van der Waals surface area contributed by atoms with Crippen molar-refractivity contribution >= 4 is 62.5 Å². The summed E-state index contributed by atoms with van der Waals surface area (Å²) in [4.78, 5) is 35.8. The topological polar surface area (TPSA) is 96.5 Å². The third-order valence-electron chi connectivity index (χ3n) is 3.62. The number of nitrogens with one attached hydrogen (secondary N) is 3. The molecule has 0 spiro atoms. The van der Waals surface area contributed by atoms with E-state index in [1.807, 2.05) is 0 Å². The maximum absolute atomic E-state index is 12.1. The minimum absolute atomic E-state index is 0.0727. The van der Waals surface area contributed by atoms with Crippen LogP contribution in [0.5, 0.6) is 5.75 Å². The number of hydrogen-bond donors (Lipinski definition) is 3. The summed E-state index contributed by atoms with van der Waals surface area (Å²) in [7, 11) is 0. The number of para-hydroxylation sites is 1. The van der Waals surface area contributed by atoms with Crippen LogP contribution in [0.3, 0.4) is 0 Å². The van der Waals surface area contributed by atoms with Crippen molar-refractivity contribution in [1.29, 1.82) is 0 Å². The number of rotatable bonds is 7. The Kier molecular flexibility index (Phi) is 8.75. The van der Waals surface area contributed by atoms with Crippen molar-refractivity contribution < 1.29 is 19.1 Å². The van der Waals surface area contributed by atoms with Crippen LogP contribution in [0.4, 0.5) is 5.69 Å². The first kappa shape index (κ1) is 23.0. The predicted molar refractivity (Wildman–Crippen MR) is 115 cm³/mol. The van der Waals surface area contributed by atoms with Crippen LogP contribution in [-0.2, 0) is 14.4 Å². The van der Waals surface area contributed by atoms with E-state index in [1.165, 1.54) is 6.92 Å². The molecule has 3 amide bonds. The van der Waals surface area contributed by atoms with Crippen LogP contribution in [0.25, 0.3) is 0 Å². The smallest absolute Gasteiger partial charge is 0.279 e. The lowest BCUT2D eigenvalue weighted by Gasteiger charge is -2.16. The Morgan fingerprint density at radius 2 is 1.72 bits per heavy atom. The third kappa shape index (κ3) is 7.56. The second-order valence-electron chi connectivity index (χ2n) is 5.90. The monoisotopic (exact) mass is 501 g/mol. The molecule has 0 aliphatic heterocycles. The van der Waals surface area contributed by atoms with E-state index in [9.17, 15) is 14.4 Å². The molecule has 0 aromatic heterocycles. The zero-order valence-electron chi connectivity index (χ0n) is 15.3. The molecule has 7 nitrogen and oxygen atoms in total. The second-order valence-corrected chi connectivity index (χ2v) is 7.60. The van der Waals surface area contributed by atoms with Gasteiger partial charge in [0.1, 0.15) is 5.75 Å². The average Bonchev–Trinajstić information content (AvgIpc) is 2.68. The van der Waals surface area contributed by atoms with Crippen LogP contribution in [0, 0.1) is 0 Å². The Morgan fingerprint density at radius 1 is 1.03 bits per heavy atom. The van der Waals surface area contributed by atoms with Gasteiger partial charge in [0.2, 0.25) is 11.8 Å². The minimum Gasteiger partial charge on any atom is -0.480 e. The molecular weight excluding hydrogens is 485 g/mol. The van der Waals surface area contributed by atoms with Gasteiger partial charge in [0.25, 0.3) is 5.91 Å². The molecule has 0 aliphatic carbocycles. The van der Waals surface area contributed by atoms with E-state index in [-0.39, 0.29) is 18.7 Å². The summed E-state index contributed by atoms with van der Waals surface area (Å²) in [5.41, 5.74) is 4.97. The standard InChI is InChI=1S/C19H18BrCl2N3O4/c1-11(29-16-7-6-12(21)10-13(16)20)19(28)25-24-18(27)9-8-17(26)23-15-5-3-2-4-14(15)22/h2-7,10-11H,8-9H2,1H3,(H,23,26)(H,24,27)(H,25,28). The Morgan fingerprint density at radius 3 is 2.41 bits per heavy atom. The van der Waals surface area contributed by atoms with Crippen LogP contribution in [0.15, 0.2) is 46.9 Å². The van der Waals surface area contributed by atoms with Crippen LogP contribution in [0.1, 0.15) is 19.8 Å². The molecule has 29 heavy (non-hydrogen) atoms. The highest BCUT2D eigenvalue weighted by Crippen LogP contribution is 2.28. The van der Waals surface area contributed by atoms with Crippen molar-refractivity contribution in [3.63, 3.8) is 0 Å². The Bertz CT molecular complexity index is 911. The highest BCUT2D eigenvalue weighted by molar-refractivity contribution is 9.10. The zero-order chi connectivity index (χ0) is 21.4. The number of benzene rings is 2. The van der Waals surface area contributed by atoms with E-state index in [0.717, 1.165) is 0 Å². The van der Waals surface area contributed by atoms with Crippen LogP contribution < -0.4 is 20.9 Å². The number of ether oxygens (including phenoxy) is 1. The van der Waals surface area contributed by atoms with Crippen molar-refractivity contribution in [3.05, 3.63) is 57.0 Å². The largest absolute Gasteiger partial charge is 0.480 e. The Labute approximate surface area is 186 Å². The van der Waals surface area contributed by atoms with Gasteiger partial charge < -0.3 is 10.1 Å². The summed E-state index contributed by atoms with van der Waals surface area (Å²) in [6.07, 6.45) is -1.07. The zero-order valence-corrected chi connectivity index (χ0v) is 18.4. The molecule has 10 heteroatoms. The van der Waals surface area contributed by atoms with Gasteiger partial charge in [-0.15, -0.1) is 0 Å². The number of amides is 3. The first-order valence-electron chi connectivity index (χ1n) is 8.51. The lowest BCUT2D eigenvalue weighted by molar-refractivity contribution is -0.133. The first-order valence-corrected chi connectivity index (χ1v) is 10.1. The predicted octanol–water partition coefficient (Wildman–Crippen LogP) is 4.09. The molecule has 0 radical (unpaired) electrons. The lowest BCUT2D eigenvalue weighted by Crippen LogP contribution is -2.47. The molecule has 2 aromatic rings. The fraction of sp³-hybridized carbons (Fsp3) is 0.211. The Balaban J connectivity index is 1.73. The quantitative estimate of drug-likeness (QED) is 0.497. The maximum atomic E-state index is 12.1. The van der Waals surface area contributed by atoms with Crippen LogP contribution in [-0.4, -0.2) is 23.8 Å². The number of hydrazine groups is 1. The normalized spacial score (nSPS) is 11.3. The SMILES string of the molecule is CC(Oc1ccc(Cl)cc1Br)C(=O)NNC(=O)CCC(=O)Nc1ccccc1Cl. The van der Waals surface area contributed by atoms with Crippen molar-refractivity contribution in [2.75, 3.05) is 5.32 Å². The van der Waals surface area contributed by atoms with E-state index in [2.05, 4.69) is 32.1 Å². The molecule has 154 valence electrons. The summed E-state index contributed by atoms with van der Waals surface area (Å²) in [6, 6.07) is 11.7. The molecule has 0 saturated heterocycles. The molecular formula is C19H18BrCl2N3O4. The molecule has 1 atom stereocenters. The number of anilines is 1. The Hall–Kier alpha value is -2.29.